The summed E-state index contributed by atoms with van der Waals surface area (Å²) in [5, 5.41) is 0. The Bertz CT molecular complexity index is 342. The number of carbonyl (C=O) groups excluding carboxylic acids is 2. The van der Waals surface area contributed by atoms with Gasteiger partial charge in [-0.1, -0.05) is 0 Å². The number of rotatable bonds is 4. The predicted octanol–water partition coefficient (Wildman–Crippen LogP) is 2.09. The summed E-state index contributed by atoms with van der Waals surface area (Å²) in [6.07, 6.45) is 5.90. The van der Waals surface area contributed by atoms with Gasteiger partial charge in [-0.25, -0.2) is 0 Å². The Morgan fingerprint density at radius 2 is 1.88 bits per heavy atom. The van der Waals surface area contributed by atoms with Crippen molar-refractivity contribution >= 4 is 11.8 Å². The fourth-order valence-electron chi connectivity index (χ4n) is 3.18. The normalized spacial score (nSPS) is 28.3. The molecule has 0 bridgehead atoms. The molecule has 3 fully saturated rings. The Balaban J connectivity index is 1.77. The third-order valence-electron chi connectivity index (χ3n) is 4.40. The maximum Gasteiger partial charge on any atom is 0.319 e. The van der Waals surface area contributed by atoms with Crippen LogP contribution < -0.4 is 0 Å². The lowest BCUT2D eigenvalue weighted by Crippen LogP contribution is -2.52. The first-order valence-corrected chi connectivity index (χ1v) is 6.33. The van der Waals surface area contributed by atoms with Crippen LogP contribution in [-0.4, -0.2) is 18.4 Å². The maximum absolute atomic E-state index is 12.2. The summed E-state index contributed by atoms with van der Waals surface area (Å²) >= 11 is 0. The largest absolute Gasteiger partial charge is 0.465 e. The van der Waals surface area contributed by atoms with Gasteiger partial charge in [-0.05, 0) is 50.9 Å². The molecule has 0 amide bonds. The van der Waals surface area contributed by atoms with Crippen LogP contribution >= 0.6 is 0 Å². The fourth-order valence-corrected chi connectivity index (χ4v) is 3.18. The lowest BCUT2D eigenvalue weighted by molar-refractivity contribution is -0.172. The number of hydrogen-bond donors (Lipinski definition) is 0. The number of Topliss-reactive ketones (excluding diaryl/α,β-unsaturated/α-hetero) is 1. The van der Waals surface area contributed by atoms with Crippen molar-refractivity contribution in [1.29, 1.82) is 0 Å². The summed E-state index contributed by atoms with van der Waals surface area (Å²) in [6.45, 7) is 2.18. The monoisotopic (exact) mass is 222 g/mol. The van der Waals surface area contributed by atoms with Gasteiger partial charge in [0.05, 0.1) is 6.61 Å². The predicted molar refractivity (Wildman–Crippen MR) is 57.7 cm³/mol. The molecule has 0 aromatic carbocycles. The van der Waals surface area contributed by atoms with Crippen LogP contribution in [0.3, 0.4) is 0 Å². The molecular weight excluding hydrogens is 204 g/mol. The highest BCUT2D eigenvalue weighted by Crippen LogP contribution is 2.70. The molecule has 0 atom stereocenters. The molecule has 0 saturated heterocycles. The molecule has 0 aliphatic heterocycles. The van der Waals surface area contributed by atoms with Crippen LogP contribution in [0, 0.1) is 16.7 Å². The van der Waals surface area contributed by atoms with Crippen molar-refractivity contribution in [1.82, 2.24) is 0 Å². The maximum atomic E-state index is 12.2. The molecule has 3 rings (SSSR count). The van der Waals surface area contributed by atoms with Crippen LogP contribution in [0.2, 0.25) is 0 Å². The van der Waals surface area contributed by atoms with E-state index in [0.717, 1.165) is 25.7 Å². The van der Waals surface area contributed by atoms with Gasteiger partial charge in [-0.15, -0.1) is 0 Å². The van der Waals surface area contributed by atoms with Crippen molar-refractivity contribution in [3.63, 3.8) is 0 Å². The average molecular weight is 222 g/mol. The van der Waals surface area contributed by atoms with Crippen molar-refractivity contribution in [3.05, 3.63) is 0 Å². The number of esters is 1. The third kappa shape index (κ3) is 1.33. The Kier molecular flexibility index (Phi) is 1.99. The second-order valence-electron chi connectivity index (χ2n) is 5.79. The highest BCUT2D eigenvalue weighted by Gasteiger charge is 2.69. The quantitative estimate of drug-likeness (QED) is 0.540. The van der Waals surface area contributed by atoms with E-state index >= 15 is 0 Å². The molecular formula is C13H18O3. The van der Waals surface area contributed by atoms with Crippen LogP contribution in [0.4, 0.5) is 0 Å². The highest BCUT2D eigenvalue weighted by molar-refractivity contribution is 6.07. The Labute approximate surface area is 95.5 Å². The van der Waals surface area contributed by atoms with Gasteiger partial charge in [0.15, 0.2) is 5.78 Å². The Hall–Kier alpha value is -0.860. The van der Waals surface area contributed by atoms with Crippen LogP contribution in [-0.2, 0) is 14.3 Å². The SMILES string of the molecule is CCOC(=O)C1(C(=O)C2CC2)CC2(CC2)C1. The molecule has 3 aliphatic carbocycles. The zero-order valence-electron chi connectivity index (χ0n) is 9.75. The van der Waals surface area contributed by atoms with Crippen LogP contribution in [0.5, 0.6) is 0 Å². The first-order valence-electron chi connectivity index (χ1n) is 6.33. The molecule has 1 spiro atoms. The van der Waals surface area contributed by atoms with Gasteiger partial charge >= 0.3 is 5.97 Å². The number of ketones is 1. The minimum atomic E-state index is -0.728. The molecule has 3 saturated carbocycles. The smallest absolute Gasteiger partial charge is 0.319 e. The lowest BCUT2D eigenvalue weighted by atomic mass is 9.56. The van der Waals surface area contributed by atoms with E-state index in [1.807, 2.05) is 0 Å². The molecule has 0 unspecified atom stereocenters. The minimum absolute atomic E-state index is 0.167. The summed E-state index contributed by atoms with van der Waals surface area (Å²) in [7, 11) is 0. The van der Waals surface area contributed by atoms with Gasteiger partial charge in [0.2, 0.25) is 0 Å². The molecule has 0 aromatic rings. The van der Waals surface area contributed by atoms with Gasteiger partial charge < -0.3 is 4.74 Å². The van der Waals surface area contributed by atoms with Crippen molar-refractivity contribution < 1.29 is 14.3 Å². The van der Waals surface area contributed by atoms with E-state index in [4.69, 9.17) is 4.74 Å². The van der Waals surface area contributed by atoms with Crippen molar-refractivity contribution in [2.24, 2.45) is 16.7 Å². The molecule has 16 heavy (non-hydrogen) atoms. The van der Waals surface area contributed by atoms with Crippen LogP contribution in [0.25, 0.3) is 0 Å². The number of hydrogen-bond acceptors (Lipinski definition) is 3. The van der Waals surface area contributed by atoms with Crippen molar-refractivity contribution in [2.75, 3.05) is 6.61 Å². The first-order chi connectivity index (χ1) is 7.62. The van der Waals surface area contributed by atoms with E-state index in [9.17, 15) is 9.59 Å². The molecule has 3 nitrogen and oxygen atoms in total. The topological polar surface area (TPSA) is 43.4 Å². The van der Waals surface area contributed by atoms with E-state index in [1.54, 1.807) is 6.92 Å². The van der Waals surface area contributed by atoms with Gasteiger partial charge in [0.1, 0.15) is 5.41 Å². The van der Waals surface area contributed by atoms with Crippen LogP contribution in [0.1, 0.15) is 45.4 Å². The standard InChI is InChI=1S/C13H18O3/c1-2-16-11(15)13(10(14)9-3-4-9)7-12(8-13)5-6-12/h9H,2-8H2,1H3. The average Bonchev–Trinajstić information content (AvgIpc) is 3.07. The van der Waals surface area contributed by atoms with Crippen molar-refractivity contribution in [3.8, 4) is 0 Å². The second kappa shape index (κ2) is 3.08. The molecule has 88 valence electrons. The van der Waals surface area contributed by atoms with E-state index < -0.39 is 5.41 Å². The van der Waals surface area contributed by atoms with Gasteiger partial charge in [0, 0.05) is 5.92 Å². The van der Waals surface area contributed by atoms with E-state index in [0.29, 0.717) is 12.0 Å². The van der Waals surface area contributed by atoms with Gasteiger partial charge in [-0.2, -0.15) is 0 Å². The highest BCUT2D eigenvalue weighted by atomic mass is 16.5. The summed E-state index contributed by atoms with van der Waals surface area (Å²) in [4.78, 5) is 24.2. The van der Waals surface area contributed by atoms with Gasteiger partial charge in [0.25, 0.3) is 0 Å². The first kappa shape index (κ1) is 10.3. The van der Waals surface area contributed by atoms with E-state index in [2.05, 4.69) is 0 Å². The van der Waals surface area contributed by atoms with E-state index in [1.165, 1.54) is 12.8 Å². The summed E-state index contributed by atoms with van der Waals surface area (Å²) < 4.78 is 5.11. The summed E-state index contributed by atoms with van der Waals surface area (Å²) in [5.74, 6) is 0.105. The molecule has 0 aromatic heterocycles. The van der Waals surface area contributed by atoms with E-state index in [-0.39, 0.29) is 17.7 Å². The third-order valence-corrected chi connectivity index (χ3v) is 4.40. The van der Waals surface area contributed by atoms with Crippen molar-refractivity contribution in [2.45, 2.75) is 45.4 Å². The van der Waals surface area contributed by atoms with Gasteiger partial charge in [-0.3, -0.25) is 9.59 Å². The lowest BCUT2D eigenvalue weighted by Gasteiger charge is -2.45. The fraction of sp³-hybridized carbons (Fsp3) is 0.846. The second-order valence-corrected chi connectivity index (χ2v) is 5.79. The molecule has 0 heterocycles. The number of ether oxygens (including phenoxy) is 1. The summed E-state index contributed by atoms with van der Waals surface area (Å²) in [6, 6.07) is 0. The molecule has 3 heteroatoms. The summed E-state index contributed by atoms with van der Waals surface area (Å²) in [5.41, 5.74) is -0.370. The Morgan fingerprint density at radius 3 is 2.31 bits per heavy atom. The number of carbonyl (C=O) groups is 2. The molecule has 3 aliphatic rings. The van der Waals surface area contributed by atoms with Crippen LogP contribution in [0.15, 0.2) is 0 Å². The molecule has 0 N–H and O–H groups in total. The Morgan fingerprint density at radius 1 is 1.25 bits per heavy atom. The minimum Gasteiger partial charge on any atom is -0.465 e. The molecule has 0 radical (unpaired) electrons. The zero-order valence-corrected chi connectivity index (χ0v) is 9.75. The zero-order chi connectivity index (χ0) is 11.4.